The lowest BCUT2D eigenvalue weighted by Crippen LogP contribution is -2.51. The molecule has 34 heavy (non-hydrogen) atoms. The topological polar surface area (TPSA) is 37.5 Å². The van der Waals surface area contributed by atoms with E-state index in [1.165, 1.54) is 50.8 Å². The molecular formula is C28H38FN5. The molecule has 2 aromatic carbocycles. The Labute approximate surface area is 202 Å². The SMILES string of the molecule is CC(C)N1CCN(CCNC2CCN(c3cccc(-c4cc5cccc(F)c5[nH]4)c3)CC2)CC1. The smallest absolute Gasteiger partial charge is 0.147 e. The highest BCUT2D eigenvalue weighted by Gasteiger charge is 2.21. The maximum Gasteiger partial charge on any atom is 0.147 e. The second kappa shape index (κ2) is 10.5. The molecule has 2 N–H and O–H groups in total. The fourth-order valence-corrected chi connectivity index (χ4v) is 5.42. The summed E-state index contributed by atoms with van der Waals surface area (Å²) < 4.78 is 14.1. The number of halogens is 1. The number of para-hydroxylation sites is 1. The van der Waals surface area contributed by atoms with Gasteiger partial charge in [-0.15, -0.1) is 0 Å². The highest BCUT2D eigenvalue weighted by atomic mass is 19.1. The quantitative estimate of drug-likeness (QED) is 0.539. The van der Waals surface area contributed by atoms with Gasteiger partial charge in [-0.3, -0.25) is 9.80 Å². The number of rotatable bonds is 7. The maximum absolute atomic E-state index is 14.1. The van der Waals surface area contributed by atoms with Crippen molar-refractivity contribution in [2.45, 2.75) is 38.8 Å². The van der Waals surface area contributed by atoms with Crippen molar-refractivity contribution in [3.8, 4) is 11.3 Å². The Morgan fingerprint density at radius 1 is 0.971 bits per heavy atom. The molecule has 0 spiro atoms. The summed E-state index contributed by atoms with van der Waals surface area (Å²) in [5.74, 6) is -0.202. The number of anilines is 1. The largest absolute Gasteiger partial charge is 0.371 e. The summed E-state index contributed by atoms with van der Waals surface area (Å²) in [5, 5.41) is 4.72. The zero-order valence-electron chi connectivity index (χ0n) is 20.6. The van der Waals surface area contributed by atoms with Crippen molar-refractivity contribution in [2.24, 2.45) is 0 Å². The minimum atomic E-state index is -0.202. The molecular weight excluding hydrogens is 425 g/mol. The molecule has 2 fully saturated rings. The van der Waals surface area contributed by atoms with Crippen molar-refractivity contribution in [3.63, 3.8) is 0 Å². The molecule has 1 aromatic heterocycles. The first-order chi connectivity index (χ1) is 16.6. The first-order valence-electron chi connectivity index (χ1n) is 12.9. The van der Waals surface area contributed by atoms with E-state index in [0.29, 0.717) is 17.6 Å². The zero-order chi connectivity index (χ0) is 23.5. The van der Waals surface area contributed by atoms with Crippen LogP contribution in [-0.2, 0) is 0 Å². The van der Waals surface area contributed by atoms with Gasteiger partial charge >= 0.3 is 0 Å². The Balaban J connectivity index is 1.11. The summed E-state index contributed by atoms with van der Waals surface area (Å²) in [4.78, 5) is 10.9. The van der Waals surface area contributed by atoms with E-state index in [4.69, 9.17) is 0 Å². The molecule has 2 aliphatic heterocycles. The van der Waals surface area contributed by atoms with Crippen LogP contribution in [0.4, 0.5) is 10.1 Å². The van der Waals surface area contributed by atoms with Crippen molar-refractivity contribution < 1.29 is 4.39 Å². The second-order valence-electron chi connectivity index (χ2n) is 10.1. The van der Waals surface area contributed by atoms with E-state index in [1.54, 1.807) is 6.07 Å². The van der Waals surface area contributed by atoms with Crippen LogP contribution in [0.25, 0.3) is 22.2 Å². The van der Waals surface area contributed by atoms with Gasteiger partial charge in [0, 0.05) is 86.8 Å². The molecule has 0 unspecified atom stereocenters. The molecule has 3 aromatic rings. The number of fused-ring (bicyclic) bond motifs is 1. The highest BCUT2D eigenvalue weighted by Crippen LogP contribution is 2.29. The van der Waals surface area contributed by atoms with Crippen LogP contribution < -0.4 is 10.2 Å². The fraction of sp³-hybridized carbons (Fsp3) is 0.500. The molecule has 0 amide bonds. The first kappa shape index (κ1) is 23.3. The highest BCUT2D eigenvalue weighted by molar-refractivity contribution is 5.86. The standard InChI is InChI=1S/C28H38FN5/c1-21(2)33-17-15-32(16-18-33)14-11-30-24-9-12-34(13-10-24)25-7-3-5-22(19-25)27-20-23-6-4-8-26(29)28(23)31-27/h3-8,19-21,24,30-31H,9-18H2,1-2H3. The summed E-state index contributed by atoms with van der Waals surface area (Å²) in [5.41, 5.74) is 3.90. The van der Waals surface area contributed by atoms with Crippen LogP contribution in [0.2, 0.25) is 0 Å². The summed E-state index contributed by atoms with van der Waals surface area (Å²) in [6.45, 7) is 13.7. The number of hydrogen-bond acceptors (Lipinski definition) is 4. The van der Waals surface area contributed by atoms with Gasteiger partial charge in [-0.05, 0) is 51.0 Å². The fourth-order valence-electron chi connectivity index (χ4n) is 5.42. The third kappa shape index (κ3) is 5.29. The van der Waals surface area contributed by atoms with Crippen LogP contribution >= 0.6 is 0 Å². The Hall–Kier alpha value is -2.41. The predicted octanol–water partition coefficient (Wildman–Crippen LogP) is 4.56. The van der Waals surface area contributed by atoms with Crippen molar-refractivity contribution in [1.82, 2.24) is 20.1 Å². The summed E-state index contributed by atoms with van der Waals surface area (Å²) >= 11 is 0. The van der Waals surface area contributed by atoms with Gasteiger partial charge in [0.2, 0.25) is 0 Å². The summed E-state index contributed by atoms with van der Waals surface area (Å²) in [7, 11) is 0. The number of aromatic amines is 1. The number of hydrogen-bond donors (Lipinski definition) is 2. The number of nitrogens with one attached hydrogen (secondary N) is 2. The first-order valence-corrected chi connectivity index (χ1v) is 12.9. The van der Waals surface area contributed by atoms with Crippen molar-refractivity contribution in [1.29, 1.82) is 0 Å². The normalized spacial score (nSPS) is 18.9. The lowest BCUT2D eigenvalue weighted by Gasteiger charge is -2.37. The van der Waals surface area contributed by atoms with Crippen molar-refractivity contribution >= 4 is 16.6 Å². The maximum atomic E-state index is 14.1. The number of benzene rings is 2. The Morgan fingerprint density at radius 2 is 1.74 bits per heavy atom. The van der Waals surface area contributed by atoms with E-state index >= 15 is 0 Å². The van der Waals surface area contributed by atoms with Crippen LogP contribution in [-0.4, -0.2) is 79.2 Å². The van der Waals surface area contributed by atoms with Crippen molar-refractivity contribution in [3.05, 3.63) is 54.3 Å². The lowest BCUT2D eigenvalue weighted by molar-refractivity contribution is 0.108. The van der Waals surface area contributed by atoms with Crippen LogP contribution in [0.15, 0.2) is 48.5 Å². The number of nitrogens with zero attached hydrogens (tertiary/aromatic N) is 3. The Kier molecular flexibility index (Phi) is 7.18. The monoisotopic (exact) mass is 463 g/mol. The van der Waals surface area contributed by atoms with E-state index in [0.717, 1.165) is 42.8 Å². The molecule has 0 aliphatic carbocycles. The van der Waals surface area contributed by atoms with Gasteiger partial charge in [-0.2, -0.15) is 0 Å². The number of H-pyrrole nitrogens is 1. The van der Waals surface area contributed by atoms with Crippen LogP contribution in [0, 0.1) is 5.82 Å². The zero-order valence-corrected chi connectivity index (χ0v) is 20.6. The molecule has 6 heteroatoms. The van der Waals surface area contributed by atoms with Gasteiger partial charge in [0.1, 0.15) is 5.82 Å². The minimum absolute atomic E-state index is 0.202. The minimum Gasteiger partial charge on any atom is -0.371 e. The molecule has 0 radical (unpaired) electrons. The van der Waals surface area contributed by atoms with Gasteiger partial charge in [0.05, 0.1) is 5.52 Å². The molecule has 0 bridgehead atoms. The molecule has 3 heterocycles. The number of aromatic nitrogens is 1. The van der Waals surface area contributed by atoms with Gasteiger partial charge in [0.15, 0.2) is 0 Å². The number of piperidine rings is 1. The van der Waals surface area contributed by atoms with Crippen LogP contribution in [0.5, 0.6) is 0 Å². The molecule has 182 valence electrons. The van der Waals surface area contributed by atoms with Crippen molar-refractivity contribution in [2.75, 3.05) is 57.3 Å². The van der Waals surface area contributed by atoms with E-state index in [2.05, 4.69) is 63.1 Å². The molecule has 0 atom stereocenters. The lowest BCUT2D eigenvalue weighted by atomic mass is 10.0. The summed E-state index contributed by atoms with van der Waals surface area (Å²) in [6.07, 6.45) is 2.34. The molecule has 2 saturated heterocycles. The Bertz CT molecular complexity index is 1080. The van der Waals surface area contributed by atoms with Gasteiger partial charge in [0.25, 0.3) is 0 Å². The van der Waals surface area contributed by atoms with E-state index < -0.39 is 0 Å². The molecule has 0 saturated carbocycles. The number of piperazine rings is 1. The van der Waals surface area contributed by atoms with Crippen LogP contribution in [0.3, 0.4) is 0 Å². The molecule has 2 aliphatic rings. The van der Waals surface area contributed by atoms with Gasteiger partial charge < -0.3 is 15.2 Å². The van der Waals surface area contributed by atoms with Crippen LogP contribution in [0.1, 0.15) is 26.7 Å². The third-order valence-electron chi connectivity index (χ3n) is 7.62. The average Bonchev–Trinajstić information content (AvgIpc) is 3.31. The van der Waals surface area contributed by atoms with E-state index in [9.17, 15) is 4.39 Å². The second-order valence-corrected chi connectivity index (χ2v) is 10.1. The van der Waals surface area contributed by atoms with Gasteiger partial charge in [-0.1, -0.05) is 24.3 Å². The summed E-state index contributed by atoms with van der Waals surface area (Å²) in [6, 6.07) is 17.1. The predicted molar refractivity (Wildman–Crippen MR) is 140 cm³/mol. The molecule has 5 rings (SSSR count). The average molecular weight is 464 g/mol. The molecule has 5 nitrogen and oxygen atoms in total. The van der Waals surface area contributed by atoms with E-state index in [-0.39, 0.29) is 5.82 Å². The van der Waals surface area contributed by atoms with E-state index in [1.807, 2.05) is 12.1 Å². The van der Waals surface area contributed by atoms with Gasteiger partial charge in [-0.25, -0.2) is 4.39 Å². The Morgan fingerprint density at radius 3 is 2.47 bits per heavy atom. The third-order valence-corrected chi connectivity index (χ3v) is 7.62.